The first-order valence-electron chi connectivity index (χ1n) is 7.89. The quantitative estimate of drug-likeness (QED) is 0.937. The number of hydrogen-bond donors (Lipinski definition) is 1. The molecule has 0 aromatic carbocycles. The van der Waals surface area contributed by atoms with E-state index in [0.29, 0.717) is 30.7 Å². The standard InChI is InChI=1S/C17H18N2O3S/c20-16(15-4-2-8-23-15)18-13-10-19(9-12(13)11-5-6-11)17(21)14-3-1-7-22-14/h1-4,7-8,11-13H,5-6,9-10H2,(H,18,20). The number of thiophene rings is 1. The van der Waals surface area contributed by atoms with Crippen molar-refractivity contribution in [2.24, 2.45) is 11.8 Å². The summed E-state index contributed by atoms with van der Waals surface area (Å²) in [6, 6.07) is 7.13. The van der Waals surface area contributed by atoms with Crippen molar-refractivity contribution in [3.05, 3.63) is 46.5 Å². The largest absolute Gasteiger partial charge is 0.459 e. The number of likely N-dealkylation sites (tertiary alicyclic amines) is 1. The highest BCUT2D eigenvalue weighted by molar-refractivity contribution is 7.12. The van der Waals surface area contributed by atoms with Gasteiger partial charge < -0.3 is 14.6 Å². The number of nitrogens with one attached hydrogen (secondary N) is 1. The highest BCUT2D eigenvalue weighted by Crippen LogP contribution is 2.41. The van der Waals surface area contributed by atoms with E-state index in [2.05, 4.69) is 5.32 Å². The van der Waals surface area contributed by atoms with Gasteiger partial charge in [-0.25, -0.2) is 0 Å². The topological polar surface area (TPSA) is 62.6 Å². The van der Waals surface area contributed by atoms with E-state index in [4.69, 9.17) is 4.42 Å². The molecule has 1 saturated carbocycles. The number of carbonyl (C=O) groups excluding carboxylic acids is 2. The molecule has 0 spiro atoms. The third kappa shape index (κ3) is 2.91. The van der Waals surface area contributed by atoms with Gasteiger partial charge in [0.2, 0.25) is 0 Å². The predicted molar refractivity (Wildman–Crippen MR) is 86.4 cm³/mol. The van der Waals surface area contributed by atoms with Gasteiger partial charge in [0.25, 0.3) is 11.8 Å². The first-order chi connectivity index (χ1) is 11.2. The second kappa shape index (κ2) is 5.85. The van der Waals surface area contributed by atoms with E-state index in [1.165, 1.54) is 30.4 Å². The molecule has 1 N–H and O–H groups in total. The number of amides is 2. The second-order valence-corrected chi connectivity index (χ2v) is 7.19. The molecule has 4 rings (SSSR count). The molecule has 0 radical (unpaired) electrons. The van der Waals surface area contributed by atoms with E-state index in [0.717, 1.165) is 4.88 Å². The molecule has 2 aliphatic rings. The molecule has 23 heavy (non-hydrogen) atoms. The van der Waals surface area contributed by atoms with Crippen LogP contribution in [0.5, 0.6) is 0 Å². The van der Waals surface area contributed by atoms with Crippen LogP contribution in [0.25, 0.3) is 0 Å². The summed E-state index contributed by atoms with van der Waals surface area (Å²) < 4.78 is 5.22. The van der Waals surface area contributed by atoms with E-state index in [1.54, 1.807) is 17.0 Å². The molecule has 120 valence electrons. The van der Waals surface area contributed by atoms with Crippen LogP contribution < -0.4 is 5.32 Å². The Labute approximate surface area is 138 Å². The lowest BCUT2D eigenvalue weighted by atomic mass is 9.98. The lowest BCUT2D eigenvalue weighted by molar-refractivity contribution is 0.0749. The number of rotatable bonds is 4. The van der Waals surface area contributed by atoms with Crippen LogP contribution >= 0.6 is 11.3 Å². The monoisotopic (exact) mass is 330 g/mol. The molecule has 2 aromatic rings. The van der Waals surface area contributed by atoms with Gasteiger partial charge in [-0.1, -0.05) is 6.07 Å². The van der Waals surface area contributed by atoms with Crippen molar-refractivity contribution in [3.63, 3.8) is 0 Å². The van der Waals surface area contributed by atoms with Crippen molar-refractivity contribution in [1.82, 2.24) is 10.2 Å². The summed E-state index contributed by atoms with van der Waals surface area (Å²) in [5, 5.41) is 5.03. The maximum atomic E-state index is 12.5. The van der Waals surface area contributed by atoms with E-state index < -0.39 is 0 Å². The molecule has 1 saturated heterocycles. The van der Waals surface area contributed by atoms with Crippen LogP contribution in [-0.4, -0.2) is 35.8 Å². The minimum absolute atomic E-state index is 0.0241. The second-order valence-electron chi connectivity index (χ2n) is 6.25. The average molecular weight is 330 g/mol. The van der Waals surface area contributed by atoms with E-state index in [1.807, 2.05) is 17.5 Å². The summed E-state index contributed by atoms with van der Waals surface area (Å²) in [6.07, 6.45) is 3.90. The fourth-order valence-corrected chi connectivity index (χ4v) is 3.98. The van der Waals surface area contributed by atoms with Gasteiger partial charge in [-0.05, 0) is 42.3 Å². The molecule has 1 aliphatic heterocycles. The Morgan fingerprint density at radius 1 is 1.22 bits per heavy atom. The Kier molecular flexibility index (Phi) is 3.69. The highest BCUT2D eigenvalue weighted by Gasteiger charge is 2.44. The molecular weight excluding hydrogens is 312 g/mol. The van der Waals surface area contributed by atoms with Crippen molar-refractivity contribution in [3.8, 4) is 0 Å². The van der Waals surface area contributed by atoms with Crippen molar-refractivity contribution in [1.29, 1.82) is 0 Å². The lowest BCUT2D eigenvalue weighted by Crippen LogP contribution is -2.41. The summed E-state index contributed by atoms with van der Waals surface area (Å²) in [5.74, 6) is 1.21. The zero-order valence-electron chi connectivity index (χ0n) is 12.6. The third-order valence-corrected chi connectivity index (χ3v) is 5.54. The Bertz CT molecular complexity index is 692. The van der Waals surface area contributed by atoms with E-state index in [-0.39, 0.29) is 17.9 Å². The molecule has 2 aromatic heterocycles. The SMILES string of the molecule is O=C(NC1CN(C(=O)c2ccco2)CC1C1CC1)c1cccs1. The van der Waals surface area contributed by atoms with Crippen molar-refractivity contribution >= 4 is 23.2 Å². The number of nitrogens with zero attached hydrogens (tertiary/aromatic N) is 1. The molecule has 2 unspecified atom stereocenters. The summed E-state index contributed by atoms with van der Waals surface area (Å²) in [6.45, 7) is 1.25. The fraction of sp³-hybridized carbons (Fsp3) is 0.412. The van der Waals surface area contributed by atoms with Gasteiger partial charge in [0, 0.05) is 19.0 Å². The van der Waals surface area contributed by atoms with Gasteiger partial charge in [0.1, 0.15) is 0 Å². The molecule has 1 aliphatic carbocycles. The Hall–Kier alpha value is -2.08. The van der Waals surface area contributed by atoms with Crippen molar-refractivity contribution in [2.45, 2.75) is 18.9 Å². The Morgan fingerprint density at radius 2 is 2.09 bits per heavy atom. The van der Waals surface area contributed by atoms with Crippen molar-refractivity contribution in [2.75, 3.05) is 13.1 Å². The number of furan rings is 1. The van der Waals surface area contributed by atoms with Crippen LogP contribution in [0, 0.1) is 11.8 Å². The molecule has 6 heteroatoms. The van der Waals surface area contributed by atoms with Gasteiger partial charge in [-0.2, -0.15) is 0 Å². The minimum Gasteiger partial charge on any atom is -0.459 e. The maximum absolute atomic E-state index is 12.5. The zero-order chi connectivity index (χ0) is 15.8. The molecule has 3 heterocycles. The van der Waals surface area contributed by atoms with Gasteiger partial charge in [-0.3, -0.25) is 9.59 Å². The predicted octanol–water partition coefficient (Wildman–Crippen LogP) is 2.62. The van der Waals surface area contributed by atoms with Gasteiger partial charge in [0.15, 0.2) is 5.76 Å². The first-order valence-corrected chi connectivity index (χ1v) is 8.77. The summed E-state index contributed by atoms with van der Waals surface area (Å²) in [4.78, 5) is 27.3. The minimum atomic E-state index is -0.0893. The van der Waals surface area contributed by atoms with Gasteiger partial charge >= 0.3 is 0 Å². The smallest absolute Gasteiger partial charge is 0.289 e. The van der Waals surface area contributed by atoms with Crippen LogP contribution in [-0.2, 0) is 0 Å². The van der Waals surface area contributed by atoms with Crippen LogP contribution in [0.1, 0.15) is 33.1 Å². The fourth-order valence-electron chi connectivity index (χ4n) is 3.35. The molecule has 0 bridgehead atoms. The third-order valence-electron chi connectivity index (χ3n) is 4.67. The average Bonchev–Trinajstić information content (AvgIpc) is 3.05. The number of hydrogen-bond acceptors (Lipinski definition) is 4. The van der Waals surface area contributed by atoms with Crippen LogP contribution in [0.2, 0.25) is 0 Å². The number of carbonyl (C=O) groups is 2. The van der Waals surface area contributed by atoms with Crippen LogP contribution in [0.15, 0.2) is 40.3 Å². The van der Waals surface area contributed by atoms with E-state index in [9.17, 15) is 9.59 Å². The lowest BCUT2D eigenvalue weighted by Gasteiger charge is -2.18. The van der Waals surface area contributed by atoms with E-state index >= 15 is 0 Å². The Balaban J connectivity index is 1.47. The molecule has 5 nitrogen and oxygen atoms in total. The highest BCUT2D eigenvalue weighted by atomic mass is 32.1. The normalized spacial score (nSPS) is 23.9. The maximum Gasteiger partial charge on any atom is 0.289 e. The van der Waals surface area contributed by atoms with Gasteiger partial charge in [0.05, 0.1) is 17.2 Å². The zero-order valence-corrected chi connectivity index (χ0v) is 13.4. The summed E-state index contributed by atoms with van der Waals surface area (Å²) in [5.41, 5.74) is 0. The molecule has 2 fully saturated rings. The first kappa shape index (κ1) is 14.5. The molecular formula is C17H18N2O3S. The van der Waals surface area contributed by atoms with Crippen LogP contribution in [0.3, 0.4) is 0 Å². The summed E-state index contributed by atoms with van der Waals surface area (Å²) >= 11 is 1.44. The molecule has 2 amide bonds. The summed E-state index contributed by atoms with van der Waals surface area (Å²) in [7, 11) is 0. The molecule has 2 atom stereocenters. The Morgan fingerprint density at radius 3 is 2.74 bits per heavy atom. The van der Waals surface area contributed by atoms with Gasteiger partial charge in [-0.15, -0.1) is 11.3 Å². The van der Waals surface area contributed by atoms with Crippen LogP contribution in [0.4, 0.5) is 0 Å². The van der Waals surface area contributed by atoms with Crippen molar-refractivity contribution < 1.29 is 14.0 Å².